The number of carbonyl (C=O) groups excluding carboxylic acids is 1. The molecular formula is C16H24N2O2. The highest BCUT2D eigenvalue weighted by atomic mass is 16.5. The second kappa shape index (κ2) is 5.73. The van der Waals surface area contributed by atoms with Crippen LogP contribution < -0.4 is 15.4 Å². The molecule has 2 rings (SSSR count). The van der Waals surface area contributed by atoms with E-state index < -0.39 is 6.10 Å². The minimum Gasteiger partial charge on any atom is -0.477 e. The molecule has 0 fully saturated rings. The number of benzene rings is 1. The third-order valence-electron chi connectivity index (χ3n) is 3.99. The van der Waals surface area contributed by atoms with Crippen molar-refractivity contribution in [2.24, 2.45) is 11.3 Å². The fraction of sp³-hybridized carbons (Fsp3) is 0.562. The van der Waals surface area contributed by atoms with Gasteiger partial charge in [-0.2, -0.15) is 0 Å². The number of anilines is 1. The van der Waals surface area contributed by atoms with Gasteiger partial charge in [0.15, 0.2) is 6.10 Å². The Balaban J connectivity index is 1.89. The number of hydrogen-bond donors (Lipinski definition) is 2. The Labute approximate surface area is 120 Å². The fourth-order valence-electron chi connectivity index (χ4n) is 1.93. The van der Waals surface area contributed by atoms with Crippen molar-refractivity contribution >= 4 is 11.6 Å². The summed E-state index contributed by atoms with van der Waals surface area (Å²) in [5.74, 6) is 1.10. The summed E-state index contributed by atoms with van der Waals surface area (Å²) in [5, 5.41) is 6.21. The molecule has 1 aromatic rings. The van der Waals surface area contributed by atoms with E-state index in [4.69, 9.17) is 4.74 Å². The molecule has 2 N–H and O–H groups in total. The molecule has 1 heterocycles. The predicted octanol–water partition coefficient (Wildman–Crippen LogP) is 2.66. The topological polar surface area (TPSA) is 50.4 Å². The minimum absolute atomic E-state index is 0.0527. The third-order valence-corrected chi connectivity index (χ3v) is 3.99. The Kier molecular flexibility index (Phi) is 4.21. The van der Waals surface area contributed by atoms with Crippen molar-refractivity contribution in [3.05, 3.63) is 24.3 Å². The monoisotopic (exact) mass is 276 g/mol. The number of hydrogen-bond acceptors (Lipinski definition) is 3. The van der Waals surface area contributed by atoms with E-state index in [2.05, 4.69) is 38.3 Å². The predicted molar refractivity (Wildman–Crippen MR) is 81.0 cm³/mol. The molecule has 1 aliphatic rings. The van der Waals surface area contributed by atoms with Crippen LogP contribution in [0.25, 0.3) is 0 Å². The lowest BCUT2D eigenvalue weighted by molar-refractivity contribution is -0.127. The van der Waals surface area contributed by atoms with Crippen LogP contribution in [0.5, 0.6) is 5.75 Å². The van der Waals surface area contributed by atoms with Gasteiger partial charge in [-0.05, 0) is 23.5 Å². The van der Waals surface area contributed by atoms with Crippen LogP contribution in [0.15, 0.2) is 24.3 Å². The second-order valence-corrected chi connectivity index (χ2v) is 6.50. The van der Waals surface area contributed by atoms with E-state index in [-0.39, 0.29) is 11.3 Å². The number of ether oxygens (including phenoxy) is 1. The van der Waals surface area contributed by atoms with Crippen molar-refractivity contribution < 1.29 is 9.53 Å². The molecule has 0 saturated carbocycles. The van der Waals surface area contributed by atoms with Crippen LogP contribution in [0.1, 0.15) is 27.7 Å². The van der Waals surface area contributed by atoms with Crippen molar-refractivity contribution in [3.63, 3.8) is 0 Å². The molecule has 2 atom stereocenters. The SMILES string of the molecule is CC(CNC(=O)C1CNc2ccccc2O1)C(C)(C)C. The van der Waals surface area contributed by atoms with E-state index in [1.807, 2.05) is 24.3 Å². The van der Waals surface area contributed by atoms with Crippen molar-refractivity contribution in [2.75, 3.05) is 18.4 Å². The van der Waals surface area contributed by atoms with Crippen molar-refractivity contribution in [1.29, 1.82) is 0 Å². The molecule has 0 aromatic heterocycles. The standard InChI is InChI=1S/C16H24N2O2/c1-11(16(2,3)4)9-18-15(19)14-10-17-12-7-5-6-8-13(12)20-14/h5-8,11,14,17H,9-10H2,1-4H3,(H,18,19). The summed E-state index contributed by atoms with van der Waals surface area (Å²) < 4.78 is 5.74. The van der Waals surface area contributed by atoms with Gasteiger partial charge in [0.1, 0.15) is 5.75 Å². The first-order valence-corrected chi connectivity index (χ1v) is 7.15. The summed E-state index contributed by atoms with van der Waals surface area (Å²) in [7, 11) is 0. The molecule has 0 saturated heterocycles. The molecule has 0 radical (unpaired) electrons. The third kappa shape index (κ3) is 3.44. The minimum atomic E-state index is -0.461. The first-order valence-electron chi connectivity index (χ1n) is 7.15. The molecule has 0 spiro atoms. The molecule has 20 heavy (non-hydrogen) atoms. The quantitative estimate of drug-likeness (QED) is 0.892. The molecule has 4 nitrogen and oxygen atoms in total. The Morgan fingerprint density at radius 3 is 2.85 bits per heavy atom. The largest absolute Gasteiger partial charge is 0.477 e. The van der Waals surface area contributed by atoms with Crippen molar-refractivity contribution in [3.8, 4) is 5.75 Å². The number of nitrogens with one attached hydrogen (secondary N) is 2. The Hall–Kier alpha value is -1.71. The van der Waals surface area contributed by atoms with Gasteiger partial charge in [0, 0.05) is 6.54 Å². The molecular weight excluding hydrogens is 252 g/mol. The van der Waals surface area contributed by atoms with Gasteiger partial charge in [0.2, 0.25) is 0 Å². The van der Waals surface area contributed by atoms with Gasteiger partial charge in [0.25, 0.3) is 5.91 Å². The smallest absolute Gasteiger partial charge is 0.262 e. The van der Waals surface area contributed by atoms with E-state index in [0.29, 0.717) is 19.0 Å². The van der Waals surface area contributed by atoms with Crippen LogP contribution >= 0.6 is 0 Å². The van der Waals surface area contributed by atoms with Crippen molar-refractivity contribution in [1.82, 2.24) is 5.32 Å². The van der Waals surface area contributed by atoms with Crippen molar-refractivity contribution in [2.45, 2.75) is 33.8 Å². The summed E-state index contributed by atoms with van der Waals surface area (Å²) in [6, 6.07) is 7.67. The number of amides is 1. The molecule has 2 unspecified atom stereocenters. The maximum absolute atomic E-state index is 12.2. The summed E-state index contributed by atoms with van der Waals surface area (Å²) in [6.07, 6.45) is -0.461. The first kappa shape index (κ1) is 14.7. The molecule has 110 valence electrons. The highest BCUT2D eigenvalue weighted by molar-refractivity contribution is 5.83. The molecule has 1 amide bonds. The van der Waals surface area contributed by atoms with Gasteiger partial charge in [-0.1, -0.05) is 39.8 Å². The number of carbonyl (C=O) groups is 1. The highest BCUT2D eigenvalue weighted by Gasteiger charge is 2.27. The summed E-state index contributed by atoms with van der Waals surface area (Å²) in [5.41, 5.74) is 1.13. The maximum Gasteiger partial charge on any atom is 0.262 e. The van der Waals surface area contributed by atoms with E-state index in [9.17, 15) is 4.79 Å². The van der Waals surface area contributed by atoms with Gasteiger partial charge in [-0.3, -0.25) is 4.79 Å². The fourth-order valence-corrected chi connectivity index (χ4v) is 1.93. The molecule has 1 aliphatic heterocycles. The van der Waals surface area contributed by atoms with Crippen LogP contribution in [0.4, 0.5) is 5.69 Å². The zero-order valence-electron chi connectivity index (χ0n) is 12.7. The van der Waals surface area contributed by atoms with Crippen LogP contribution in [0.3, 0.4) is 0 Å². The molecule has 0 bridgehead atoms. The second-order valence-electron chi connectivity index (χ2n) is 6.50. The Bertz CT molecular complexity index is 480. The number of fused-ring (bicyclic) bond motifs is 1. The molecule has 4 heteroatoms. The van der Waals surface area contributed by atoms with Gasteiger partial charge < -0.3 is 15.4 Å². The molecule has 1 aromatic carbocycles. The number of rotatable bonds is 3. The summed E-state index contributed by atoms with van der Waals surface area (Å²) in [6.45, 7) is 9.86. The van der Waals surface area contributed by atoms with Gasteiger partial charge in [-0.15, -0.1) is 0 Å². The van der Waals surface area contributed by atoms with E-state index in [1.54, 1.807) is 0 Å². The van der Waals surface area contributed by atoms with E-state index >= 15 is 0 Å². The van der Waals surface area contributed by atoms with Gasteiger partial charge in [0.05, 0.1) is 12.2 Å². The highest BCUT2D eigenvalue weighted by Crippen LogP contribution is 2.28. The van der Waals surface area contributed by atoms with Crippen LogP contribution in [-0.4, -0.2) is 25.1 Å². The lowest BCUT2D eigenvalue weighted by Crippen LogP contribution is -2.46. The zero-order chi connectivity index (χ0) is 14.8. The number of para-hydroxylation sites is 2. The maximum atomic E-state index is 12.2. The summed E-state index contributed by atoms with van der Waals surface area (Å²) >= 11 is 0. The first-order chi connectivity index (χ1) is 9.38. The average Bonchev–Trinajstić information content (AvgIpc) is 2.42. The van der Waals surface area contributed by atoms with Gasteiger partial charge >= 0.3 is 0 Å². The Morgan fingerprint density at radius 2 is 2.15 bits per heavy atom. The zero-order valence-corrected chi connectivity index (χ0v) is 12.7. The lowest BCUT2D eigenvalue weighted by atomic mass is 9.82. The van der Waals surface area contributed by atoms with Crippen LogP contribution in [-0.2, 0) is 4.79 Å². The average molecular weight is 276 g/mol. The Morgan fingerprint density at radius 1 is 1.45 bits per heavy atom. The molecule has 0 aliphatic carbocycles. The summed E-state index contributed by atoms with van der Waals surface area (Å²) in [4.78, 5) is 12.2. The van der Waals surface area contributed by atoms with Crippen LogP contribution in [0.2, 0.25) is 0 Å². The lowest BCUT2D eigenvalue weighted by Gasteiger charge is -2.30. The van der Waals surface area contributed by atoms with Gasteiger partial charge in [-0.25, -0.2) is 0 Å². The van der Waals surface area contributed by atoms with E-state index in [0.717, 1.165) is 11.4 Å². The van der Waals surface area contributed by atoms with E-state index in [1.165, 1.54) is 0 Å². The van der Waals surface area contributed by atoms with Crippen LogP contribution in [0, 0.1) is 11.3 Å². The normalized spacial score (nSPS) is 19.3.